The third kappa shape index (κ3) is 6.50. The first-order chi connectivity index (χ1) is 22.8. The van der Waals surface area contributed by atoms with E-state index in [9.17, 15) is 18.0 Å². The number of hydrogen-bond acceptors (Lipinski definition) is 10. The standard InChI is InChI=1S/C34H33N3O7S3/c38-31(36-44-32-7-3-4-17-42-32)20-34(30-13-12-28(46-30)24-10-8-23(9-11-24)26-21-35-22-43-26)14-15-37(16-18-47(34,40)41)33(39)29-19-25-5-1-2-6-27(25)45-29/h1-2,5-6,8-13,19,21-22,32H,3-4,7,14-18,20H2,(H,36,38). The van der Waals surface area contributed by atoms with E-state index in [2.05, 4.69) is 10.5 Å². The van der Waals surface area contributed by atoms with E-state index >= 15 is 0 Å². The normalized spacial score (nSPS) is 21.4. The van der Waals surface area contributed by atoms with E-state index in [1.807, 2.05) is 60.7 Å². The molecule has 2 amide bonds. The van der Waals surface area contributed by atoms with Crippen molar-refractivity contribution in [3.8, 4) is 21.8 Å². The van der Waals surface area contributed by atoms with Gasteiger partial charge in [-0.15, -0.1) is 22.7 Å². The van der Waals surface area contributed by atoms with Gasteiger partial charge in [0.2, 0.25) is 5.91 Å². The molecule has 0 radical (unpaired) electrons. The van der Waals surface area contributed by atoms with Crippen LogP contribution in [0.25, 0.3) is 31.9 Å². The lowest BCUT2D eigenvalue weighted by molar-refractivity contribution is -0.200. The van der Waals surface area contributed by atoms with Crippen molar-refractivity contribution in [1.29, 1.82) is 0 Å². The van der Waals surface area contributed by atoms with Crippen LogP contribution in [0.2, 0.25) is 0 Å². The molecule has 10 nitrogen and oxygen atoms in total. The van der Waals surface area contributed by atoms with Gasteiger partial charge in [-0.2, -0.15) is 0 Å². The summed E-state index contributed by atoms with van der Waals surface area (Å²) >= 11 is 2.73. The first kappa shape index (κ1) is 31.7. The number of carbonyl (C=O) groups excluding carboxylic acids is 2. The van der Waals surface area contributed by atoms with Crippen molar-refractivity contribution >= 4 is 54.4 Å². The number of sulfone groups is 1. The summed E-state index contributed by atoms with van der Waals surface area (Å²) < 4.78 is 39.1. The maximum absolute atomic E-state index is 14.3. The average molecular weight is 692 g/mol. The van der Waals surface area contributed by atoms with Gasteiger partial charge in [-0.1, -0.05) is 42.5 Å². The number of carbonyl (C=O) groups is 2. The molecule has 2 atom stereocenters. The molecule has 5 heterocycles. The minimum absolute atomic E-state index is 0.0343. The quantitative estimate of drug-likeness (QED) is 0.185. The number of rotatable bonds is 8. The molecule has 0 saturated carbocycles. The molecule has 47 heavy (non-hydrogen) atoms. The highest BCUT2D eigenvalue weighted by Gasteiger charge is 2.50. The number of fused-ring (bicyclic) bond motifs is 1. The Morgan fingerprint density at radius 2 is 1.85 bits per heavy atom. The molecule has 0 spiro atoms. The van der Waals surface area contributed by atoms with E-state index in [0.717, 1.165) is 38.9 Å². The zero-order valence-electron chi connectivity index (χ0n) is 25.4. The fourth-order valence-electron chi connectivity index (χ4n) is 6.14. The van der Waals surface area contributed by atoms with E-state index in [0.29, 0.717) is 28.5 Å². The highest BCUT2D eigenvalue weighted by atomic mass is 32.2. The van der Waals surface area contributed by atoms with Crippen molar-refractivity contribution < 1.29 is 32.0 Å². The van der Waals surface area contributed by atoms with Gasteiger partial charge in [0.25, 0.3) is 5.91 Å². The first-order valence-corrected chi connectivity index (χ1v) is 18.8. The SMILES string of the molecule is O=C(CC1(c2ccc(-c3ccc(-c4cnco4)cc3)s2)CCN(C(=O)c2cc3ccccc3s2)CCS1(=O)=O)NOC1CCCCO1. The van der Waals surface area contributed by atoms with Crippen molar-refractivity contribution in [3.05, 3.63) is 89.1 Å². The molecule has 3 aromatic heterocycles. The molecule has 2 fully saturated rings. The predicted octanol–water partition coefficient (Wildman–Crippen LogP) is 6.41. The molecule has 7 rings (SSSR count). The molecule has 1 N–H and O–H groups in total. The molecule has 0 aliphatic carbocycles. The van der Waals surface area contributed by atoms with Gasteiger partial charge in [0.15, 0.2) is 28.3 Å². The maximum atomic E-state index is 14.3. The van der Waals surface area contributed by atoms with Crippen molar-refractivity contribution in [2.24, 2.45) is 0 Å². The minimum atomic E-state index is -3.94. The number of hydroxylamine groups is 1. The molecule has 13 heteroatoms. The average Bonchev–Trinajstić information content (AvgIpc) is 3.87. The molecular weight excluding hydrogens is 659 g/mol. The van der Waals surface area contributed by atoms with Crippen molar-refractivity contribution in [1.82, 2.24) is 15.4 Å². The number of aromatic nitrogens is 1. The molecular formula is C34H33N3O7S3. The molecule has 5 aromatic rings. The van der Waals surface area contributed by atoms with Gasteiger partial charge in [0.05, 0.1) is 23.2 Å². The molecule has 2 saturated heterocycles. The fourth-order valence-corrected chi connectivity index (χ4v) is 10.8. The third-order valence-electron chi connectivity index (χ3n) is 8.76. The Balaban J connectivity index is 1.18. The maximum Gasteiger partial charge on any atom is 0.263 e. The summed E-state index contributed by atoms with van der Waals surface area (Å²) in [5.41, 5.74) is 4.23. The number of nitrogens with one attached hydrogen (secondary N) is 1. The van der Waals surface area contributed by atoms with Gasteiger partial charge >= 0.3 is 0 Å². The van der Waals surface area contributed by atoms with Crippen LogP contribution in [0.1, 0.15) is 46.7 Å². The lowest BCUT2D eigenvalue weighted by atomic mass is 9.97. The van der Waals surface area contributed by atoms with Gasteiger partial charge in [0, 0.05) is 46.1 Å². The van der Waals surface area contributed by atoms with Gasteiger partial charge < -0.3 is 14.1 Å². The van der Waals surface area contributed by atoms with Gasteiger partial charge in [0.1, 0.15) is 4.75 Å². The Kier molecular flexibility index (Phi) is 8.99. The number of ether oxygens (including phenoxy) is 1. The number of oxazole rings is 1. The van der Waals surface area contributed by atoms with E-state index < -0.39 is 26.8 Å². The summed E-state index contributed by atoms with van der Waals surface area (Å²) in [4.78, 5) is 40.2. The highest BCUT2D eigenvalue weighted by molar-refractivity contribution is 7.92. The Morgan fingerprint density at radius 1 is 1.02 bits per heavy atom. The van der Waals surface area contributed by atoms with Crippen molar-refractivity contribution in [2.75, 3.05) is 25.4 Å². The van der Waals surface area contributed by atoms with Crippen LogP contribution in [0.4, 0.5) is 0 Å². The molecule has 0 bridgehead atoms. The largest absolute Gasteiger partial charge is 0.444 e. The van der Waals surface area contributed by atoms with Crippen molar-refractivity contribution in [2.45, 2.75) is 43.1 Å². The predicted molar refractivity (Wildman–Crippen MR) is 180 cm³/mol. The third-order valence-corrected chi connectivity index (χ3v) is 13.8. The number of benzene rings is 2. The van der Waals surface area contributed by atoms with Crippen LogP contribution in [0.5, 0.6) is 0 Å². The summed E-state index contributed by atoms with van der Waals surface area (Å²) in [6.07, 6.45) is 4.64. The van der Waals surface area contributed by atoms with E-state index in [4.69, 9.17) is 14.0 Å². The summed E-state index contributed by atoms with van der Waals surface area (Å²) in [6, 6.07) is 21.0. The summed E-state index contributed by atoms with van der Waals surface area (Å²) in [6.45, 7) is 0.748. The second-order valence-corrected chi connectivity index (χ2v) is 16.3. The van der Waals surface area contributed by atoms with E-state index in [1.54, 1.807) is 17.2 Å². The van der Waals surface area contributed by atoms with Crippen LogP contribution in [0, 0.1) is 0 Å². The van der Waals surface area contributed by atoms with Crippen LogP contribution in [0.3, 0.4) is 0 Å². The second-order valence-electron chi connectivity index (χ2n) is 11.7. The number of hydrogen-bond donors (Lipinski definition) is 1. The molecule has 244 valence electrons. The fraction of sp³-hybridized carbons (Fsp3) is 0.324. The van der Waals surface area contributed by atoms with Crippen LogP contribution < -0.4 is 5.48 Å². The molecule has 2 unspecified atom stereocenters. The Labute approximate surface area is 280 Å². The van der Waals surface area contributed by atoms with Crippen LogP contribution >= 0.6 is 22.7 Å². The Bertz CT molecular complexity index is 1950. The van der Waals surface area contributed by atoms with Gasteiger partial charge in [-0.05, 0) is 54.5 Å². The summed E-state index contributed by atoms with van der Waals surface area (Å²) in [5, 5.41) is 0.969. The number of thiophene rings is 2. The van der Waals surface area contributed by atoms with Crippen LogP contribution in [-0.4, -0.2) is 61.9 Å². The van der Waals surface area contributed by atoms with Crippen LogP contribution in [0.15, 0.2) is 83.7 Å². The van der Waals surface area contributed by atoms with Gasteiger partial charge in [-0.3, -0.25) is 9.59 Å². The van der Waals surface area contributed by atoms with Gasteiger partial charge in [-0.25, -0.2) is 23.7 Å². The highest BCUT2D eigenvalue weighted by Crippen LogP contribution is 2.45. The zero-order chi connectivity index (χ0) is 32.4. The lowest BCUT2D eigenvalue weighted by Crippen LogP contribution is -2.43. The lowest BCUT2D eigenvalue weighted by Gasteiger charge is -2.31. The van der Waals surface area contributed by atoms with E-state index in [-0.39, 0.29) is 37.6 Å². The van der Waals surface area contributed by atoms with Crippen molar-refractivity contribution in [3.63, 3.8) is 0 Å². The smallest absolute Gasteiger partial charge is 0.263 e. The second kappa shape index (κ2) is 13.3. The minimum Gasteiger partial charge on any atom is -0.444 e. The summed E-state index contributed by atoms with van der Waals surface area (Å²) in [5.74, 6) is -0.395. The Hall–Kier alpha value is -3.88. The topological polar surface area (TPSA) is 128 Å². The Morgan fingerprint density at radius 3 is 2.62 bits per heavy atom. The molecule has 2 aliphatic heterocycles. The molecule has 2 aromatic carbocycles. The van der Waals surface area contributed by atoms with E-state index in [1.165, 1.54) is 29.1 Å². The zero-order valence-corrected chi connectivity index (χ0v) is 27.9. The molecule has 2 aliphatic rings. The first-order valence-electron chi connectivity index (χ1n) is 15.5. The monoisotopic (exact) mass is 691 g/mol. The summed E-state index contributed by atoms with van der Waals surface area (Å²) in [7, 11) is -3.94. The van der Waals surface area contributed by atoms with Crippen LogP contribution in [-0.2, 0) is 29.0 Å². The number of amides is 2. The number of nitrogens with zero attached hydrogens (tertiary/aromatic N) is 2.